The van der Waals surface area contributed by atoms with Gasteiger partial charge in [-0.15, -0.1) is 22.7 Å². The molecule has 5 rings (SSSR count). The van der Waals surface area contributed by atoms with Crippen molar-refractivity contribution in [2.24, 2.45) is 0 Å². The molecule has 1 aromatic carbocycles. The number of allylic oxidation sites excluding steroid dienone is 1. The Balaban J connectivity index is 1.59. The first-order valence-corrected chi connectivity index (χ1v) is 14.1. The molecule has 2 aromatic heterocycles. The second kappa shape index (κ2) is 5.93. The Morgan fingerprint density at radius 1 is 0.889 bits per heavy atom. The normalized spacial score (nSPS) is 15.9. The first kappa shape index (κ1) is 17.5. The SMILES string of the molecule is CC1=C(O[Si](C)(C)C2c3sc(C)cc3-c3cc(C)sc32)c2ccccc2C1. The maximum absolute atomic E-state index is 6.99. The summed E-state index contributed by atoms with van der Waals surface area (Å²) >= 11 is 3.94. The van der Waals surface area contributed by atoms with E-state index in [-0.39, 0.29) is 0 Å². The van der Waals surface area contributed by atoms with Gasteiger partial charge in [0.05, 0.1) is 5.54 Å². The van der Waals surface area contributed by atoms with E-state index in [4.69, 9.17) is 4.43 Å². The summed E-state index contributed by atoms with van der Waals surface area (Å²) in [7, 11) is -2.06. The minimum Gasteiger partial charge on any atom is -0.543 e. The summed E-state index contributed by atoms with van der Waals surface area (Å²) in [5, 5.41) is 0. The van der Waals surface area contributed by atoms with Gasteiger partial charge in [0.2, 0.25) is 0 Å². The molecule has 27 heavy (non-hydrogen) atoms. The minimum absolute atomic E-state index is 0.438. The molecule has 1 nitrogen and oxygen atoms in total. The van der Waals surface area contributed by atoms with Crippen molar-refractivity contribution in [1.82, 2.24) is 0 Å². The molecule has 0 unspecified atom stereocenters. The molecule has 0 N–H and O–H groups in total. The number of hydrogen-bond acceptors (Lipinski definition) is 3. The Labute approximate surface area is 170 Å². The van der Waals surface area contributed by atoms with Gasteiger partial charge < -0.3 is 4.43 Å². The Morgan fingerprint density at radius 2 is 1.48 bits per heavy atom. The maximum atomic E-state index is 6.99. The van der Waals surface area contributed by atoms with Crippen molar-refractivity contribution in [3.05, 3.63) is 72.6 Å². The van der Waals surface area contributed by atoms with Crippen LogP contribution in [0.2, 0.25) is 13.1 Å². The lowest BCUT2D eigenvalue weighted by atomic mass is 10.1. The van der Waals surface area contributed by atoms with Gasteiger partial charge in [-0.25, -0.2) is 0 Å². The van der Waals surface area contributed by atoms with Crippen molar-refractivity contribution in [1.29, 1.82) is 0 Å². The highest BCUT2D eigenvalue weighted by Crippen LogP contribution is 2.56. The standard InChI is InChI=1S/C23H24OS2Si/c1-13-10-16-8-6-7-9-17(16)20(13)24-27(4,5)23-21-18(11-14(2)25-21)19-12-15(3)26-22(19)23/h6-9,11-12,23H,10H2,1-5H3. The van der Waals surface area contributed by atoms with E-state index >= 15 is 0 Å². The van der Waals surface area contributed by atoms with Gasteiger partial charge >= 0.3 is 0 Å². The van der Waals surface area contributed by atoms with Gasteiger partial charge in [-0.1, -0.05) is 24.3 Å². The van der Waals surface area contributed by atoms with Gasteiger partial charge in [0.15, 0.2) is 0 Å². The second-order valence-electron chi connectivity index (χ2n) is 8.35. The first-order valence-electron chi connectivity index (χ1n) is 9.53. The van der Waals surface area contributed by atoms with Crippen molar-refractivity contribution in [3.63, 3.8) is 0 Å². The highest BCUT2D eigenvalue weighted by Gasteiger charge is 2.47. The zero-order valence-electron chi connectivity index (χ0n) is 16.5. The molecule has 0 bridgehead atoms. The van der Waals surface area contributed by atoms with E-state index in [9.17, 15) is 0 Å². The predicted octanol–water partition coefficient (Wildman–Crippen LogP) is 7.29. The monoisotopic (exact) mass is 408 g/mol. The van der Waals surface area contributed by atoms with Crippen molar-refractivity contribution < 1.29 is 4.43 Å². The third kappa shape index (κ3) is 2.61. The molecule has 0 amide bonds. The van der Waals surface area contributed by atoms with Crippen LogP contribution in [0.1, 0.15) is 43.1 Å². The first-order chi connectivity index (χ1) is 12.8. The molecule has 0 aliphatic heterocycles. The summed E-state index contributed by atoms with van der Waals surface area (Å²) < 4.78 is 6.99. The van der Waals surface area contributed by atoms with E-state index in [1.165, 1.54) is 47.3 Å². The number of rotatable bonds is 3. The number of benzene rings is 1. The lowest BCUT2D eigenvalue weighted by Crippen LogP contribution is -2.37. The topological polar surface area (TPSA) is 9.23 Å². The fourth-order valence-corrected chi connectivity index (χ4v) is 11.3. The van der Waals surface area contributed by atoms with Gasteiger partial charge in [-0.05, 0) is 74.7 Å². The lowest BCUT2D eigenvalue weighted by molar-refractivity contribution is 0.496. The fraction of sp³-hybridized carbons (Fsp3) is 0.304. The number of aryl methyl sites for hydroxylation is 2. The third-order valence-corrected chi connectivity index (χ3v) is 11.1. The average Bonchev–Trinajstić information content (AvgIpc) is 3.29. The van der Waals surface area contributed by atoms with E-state index in [1.807, 2.05) is 22.7 Å². The molecular weight excluding hydrogens is 384 g/mol. The van der Waals surface area contributed by atoms with Crippen LogP contribution < -0.4 is 0 Å². The zero-order valence-corrected chi connectivity index (χ0v) is 19.1. The Bertz CT molecular complexity index is 1050. The minimum atomic E-state index is -2.06. The van der Waals surface area contributed by atoms with Gasteiger partial charge in [-0.2, -0.15) is 0 Å². The molecule has 0 radical (unpaired) electrons. The van der Waals surface area contributed by atoms with Crippen molar-refractivity contribution in [3.8, 4) is 11.1 Å². The Kier molecular flexibility index (Phi) is 3.84. The molecule has 2 aliphatic rings. The van der Waals surface area contributed by atoms with Crippen LogP contribution in [0, 0.1) is 13.8 Å². The Morgan fingerprint density at radius 3 is 2.11 bits per heavy atom. The van der Waals surface area contributed by atoms with E-state index in [2.05, 4.69) is 70.3 Å². The summed E-state index contributed by atoms with van der Waals surface area (Å²) in [6.07, 6.45) is 1.02. The molecule has 3 aromatic rings. The molecule has 4 heteroatoms. The maximum Gasteiger partial charge on any atom is 0.258 e. The van der Waals surface area contributed by atoms with Gasteiger partial charge in [0.25, 0.3) is 8.32 Å². The van der Waals surface area contributed by atoms with E-state index < -0.39 is 8.32 Å². The van der Waals surface area contributed by atoms with E-state index in [0.29, 0.717) is 5.54 Å². The molecule has 0 fully saturated rings. The van der Waals surface area contributed by atoms with Crippen LogP contribution in [0.5, 0.6) is 0 Å². The van der Waals surface area contributed by atoms with Crippen molar-refractivity contribution >= 4 is 36.8 Å². The average molecular weight is 409 g/mol. The third-order valence-electron chi connectivity index (χ3n) is 5.75. The molecule has 0 atom stereocenters. The van der Waals surface area contributed by atoms with E-state index in [1.54, 1.807) is 0 Å². The van der Waals surface area contributed by atoms with Gasteiger partial charge in [0.1, 0.15) is 5.76 Å². The van der Waals surface area contributed by atoms with Gasteiger partial charge in [0, 0.05) is 25.1 Å². The predicted molar refractivity (Wildman–Crippen MR) is 120 cm³/mol. The number of fused-ring (bicyclic) bond motifs is 4. The summed E-state index contributed by atoms with van der Waals surface area (Å²) in [6, 6.07) is 13.5. The van der Waals surface area contributed by atoms with E-state index in [0.717, 1.165) is 12.2 Å². The molecule has 138 valence electrons. The van der Waals surface area contributed by atoms with Crippen molar-refractivity contribution in [2.45, 2.75) is 45.8 Å². The van der Waals surface area contributed by atoms with Crippen LogP contribution in [-0.2, 0) is 10.8 Å². The van der Waals surface area contributed by atoms with Crippen LogP contribution in [0.25, 0.3) is 16.9 Å². The Hall–Kier alpha value is -1.62. The zero-order chi connectivity index (χ0) is 18.9. The number of hydrogen-bond donors (Lipinski definition) is 0. The number of thiophene rings is 2. The van der Waals surface area contributed by atoms with Crippen LogP contribution in [0.4, 0.5) is 0 Å². The molecule has 2 aliphatic carbocycles. The largest absolute Gasteiger partial charge is 0.543 e. The van der Waals surface area contributed by atoms with Crippen LogP contribution in [0.15, 0.2) is 42.0 Å². The molecule has 0 spiro atoms. The lowest BCUT2D eigenvalue weighted by Gasteiger charge is -2.31. The van der Waals surface area contributed by atoms with Crippen molar-refractivity contribution in [2.75, 3.05) is 0 Å². The summed E-state index contributed by atoms with van der Waals surface area (Å²) in [6.45, 7) is 11.5. The highest BCUT2D eigenvalue weighted by molar-refractivity contribution is 7.16. The van der Waals surface area contributed by atoms with Gasteiger partial charge in [-0.3, -0.25) is 0 Å². The molecule has 2 heterocycles. The second-order valence-corrected chi connectivity index (χ2v) is 14.9. The summed E-state index contributed by atoms with van der Waals surface area (Å²) in [5.41, 5.74) is 7.44. The summed E-state index contributed by atoms with van der Waals surface area (Å²) in [4.78, 5) is 5.89. The smallest absolute Gasteiger partial charge is 0.258 e. The molecule has 0 saturated heterocycles. The van der Waals surface area contributed by atoms with Crippen LogP contribution in [-0.4, -0.2) is 8.32 Å². The van der Waals surface area contributed by atoms with Crippen LogP contribution in [0.3, 0.4) is 0 Å². The van der Waals surface area contributed by atoms with Crippen LogP contribution >= 0.6 is 22.7 Å². The molecular formula is C23H24OS2Si. The summed E-state index contributed by atoms with van der Waals surface area (Å²) in [5.74, 6) is 1.15. The quantitative estimate of drug-likeness (QED) is 0.413. The highest BCUT2D eigenvalue weighted by atomic mass is 32.1. The molecule has 0 saturated carbocycles. The fourth-order valence-electron chi connectivity index (χ4n) is 4.62.